The van der Waals surface area contributed by atoms with Crippen LogP contribution < -0.4 is 10.6 Å². The molecule has 5 nitrogen and oxygen atoms in total. The number of methoxy groups -OCH3 is 1. The molecule has 2 aliphatic rings. The number of likely N-dealkylation sites (tertiary alicyclic amines) is 1. The molecule has 2 N–H and O–H groups in total. The van der Waals surface area contributed by atoms with Crippen molar-refractivity contribution in [3.63, 3.8) is 0 Å². The third kappa shape index (κ3) is 5.69. The minimum absolute atomic E-state index is 0.0979. The van der Waals surface area contributed by atoms with Crippen molar-refractivity contribution in [2.45, 2.75) is 50.5 Å². The number of benzene rings is 1. The highest BCUT2D eigenvalue weighted by atomic mass is 16.5. The van der Waals surface area contributed by atoms with Crippen LogP contribution in [0.3, 0.4) is 0 Å². The number of nitrogens with zero attached hydrogens (tertiary/aromatic N) is 1. The Bertz CT molecular complexity index is 564. The van der Waals surface area contributed by atoms with Crippen molar-refractivity contribution in [1.29, 1.82) is 0 Å². The van der Waals surface area contributed by atoms with Gasteiger partial charge in [-0.25, -0.2) is 0 Å². The van der Waals surface area contributed by atoms with Crippen LogP contribution in [0.25, 0.3) is 0 Å². The number of anilines is 1. The minimum Gasteiger partial charge on any atom is -0.383 e. The summed E-state index contributed by atoms with van der Waals surface area (Å²) in [6.07, 6.45) is 8.62. The molecule has 0 radical (unpaired) electrons. The van der Waals surface area contributed by atoms with Crippen LogP contribution in [-0.4, -0.2) is 56.2 Å². The normalized spacial score (nSPS) is 20.9. The van der Waals surface area contributed by atoms with Crippen molar-refractivity contribution < 1.29 is 9.53 Å². The second kappa shape index (κ2) is 10.1. The number of nitrogens with one attached hydrogen (secondary N) is 2. The molecule has 27 heavy (non-hydrogen) atoms. The molecule has 2 fully saturated rings. The van der Waals surface area contributed by atoms with Crippen LogP contribution in [0.2, 0.25) is 0 Å². The molecule has 150 valence electrons. The fraction of sp³-hybridized carbons (Fsp3) is 0.682. The van der Waals surface area contributed by atoms with Gasteiger partial charge in [0.2, 0.25) is 5.91 Å². The maximum absolute atomic E-state index is 13.0. The number of piperidine rings is 1. The first kappa shape index (κ1) is 20.2. The van der Waals surface area contributed by atoms with Gasteiger partial charge in [-0.2, -0.15) is 0 Å². The van der Waals surface area contributed by atoms with E-state index < -0.39 is 5.54 Å². The van der Waals surface area contributed by atoms with Crippen LogP contribution in [0.1, 0.15) is 44.9 Å². The van der Waals surface area contributed by atoms with Gasteiger partial charge in [-0.05, 0) is 43.7 Å². The summed E-state index contributed by atoms with van der Waals surface area (Å²) in [5.74, 6) is 0.949. The summed E-state index contributed by atoms with van der Waals surface area (Å²) in [4.78, 5) is 15.6. The number of hydrogen-bond acceptors (Lipinski definition) is 4. The van der Waals surface area contributed by atoms with E-state index in [1.54, 1.807) is 7.11 Å². The van der Waals surface area contributed by atoms with Gasteiger partial charge in [0, 0.05) is 39.0 Å². The molecule has 1 aliphatic heterocycles. The fourth-order valence-electron chi connectivity index (χ4n) is 4.49. The van der Waals surface area contributed by atoms with Crippen molar-refractivity contribution >= 4 is 11.6 Å². The van der Waals surface area contributed by atoms with E-state index in [1.807, 2.05) is 30.3 Å². The van der Waals surface area contributed by atoms with Gasteiger partial charge in [0.05, 0.1) is 6.61 Å². The smallest absolute Gasteiger partial charge is 0.245 e. The molecule has 3 rings (SSSR count). The number of amides is 1. The van der Waals surface area contributed by atoms with Crippen LogP contribution in [0.4, 0.5) is 5.69 Å². The first-order chi connectivity index (χ1) is 13.2. The molecule has 1 amide bonds. The molecule has 0 atom stereocenters. The van der Waals surface area contributed by atoms with Crippen LogP contribution in [0.15, 0.2) is 30.3 Å². The second-order valence-electron chi connectivity index (χ2n) is 8.13. The minimum atomic E-state index is -0.530. The van der Waals surface area contributed by atoms with E-state index in [-0.39, 0.29) is 5.91 Å². The Hall–Kier alpha value is -1.59. The van der Waals surface area contributed by atoms with E-state index >= 15 is 0 Å². The van der Waals surface area contributed by atoms with Crippen LogP contribution in [-0.2, 0) is 9.53 Å². The van der Waals surface area contributed by atoms with Crippen LogP contribution in [0, 0.1) is 5.92 Å². The Morgan fingerprint density at radius 3 is 2.52 bits per heavy atom. The van der Waals surface area contributed by atoms with E-state index in [0.717, 1.165) is 37.5 Å². The molecule has 5 heteroatoms. The number of para-hydroxylation sites is 1. The average Bonchev–Trinajstić information content (AvgIpc) is 2.71. The summed E-state index contributed by atoms with van der Waals surface area (Å²) in [6, 6.07) is 10.1. The van der Waals surface area contributed by atoms with Gasteiger partial charge in [-0.1, -0.05) is 37.5 Å². The van der Waals surface area contributed by atoms with E-state index in [1.165, 1.54) is 38.6 Å². The molecule has 1 saturated heterocycles. The Balaban J connectivity index is 1.61. The molecule has 1 aromatic rings. The molecule has 1 aliphatic carbocycles. The third-order valence-electron chi connectivity index (χ3n) is 6.13. The highest BCUT2D eigenvalue weighted by Gasteiger charge is 2.41. The third-order valence-corrected chi connectivity index (χ3v) is 6.13. The van der Waals surface area contributed by atoms with Crippen molar-refractivity contribution in [3.05, 3.63) is 30.3 Å². The first-order valence-corrected chi connectivity index (χ1v) is 10.5. The lowest BCUT2D eigenvalue weighted by Crippen LogP contribution is -2.59. The van der Waals surface area contributed by atoms with Gasteiger partial charge in [-0.15, -0.1) is 0 Å². The Morgan fingerprint density at radius 2 is 1.85 bits per heavy atom. The zero-order valence-corrected chi connectivity index (χ0v) is 16.7. The average molecular weight is 374 g/mol. The highest BCUT2D eigenvalue weighted by Crippen LogP contribution is 2.30. The lowest BCUT2D eigenvalue weighted by atomic mass is 9.84. The SMILES string of the molecule is COCCNC(=O)C1(Nc2ccccc2)CCN(CC2CCCCC2)CC1. The maximum atomic E-state index is 13.0. The summed E-state index contributed by atoms with van der Waals surface area (Å²) in [5, 5.41) is 6.63. The van der Waals surface area contributed by atoms with E-state index in [9.17, 15) is 4.79 Å². The lowest BCUT2D eigenvalue weighted by Gasteiger charge is -2.43. The first-order valence-electron chi connectivity index (χ1n) is 10.5. The Morgan fingerprint density at radius 1 is 1.15 bits per heavy atom. The molecule has 0 unspecified atom stereocenters. The molecule has 0 bridgehead atoms. The number of carbonyl (C=O) groups excluding carboxylic acids is 1. The Labute approximate surface area is 163 Å². The van der Waals surface area contributed by atoms with E-state index in [0.29, 0.717) is 13.2 Å². The van der Waals surface area contributed by atoms with Crippen molar-refractivity contribution in [1.82, 2.24) is 10.2 Å². The molecule has 0 aromatic heterocycles. The monoisotopic (exact) mass is 373 g/mol. The predicted octanol–water partition coefficient (Wildman–Crippen LogP) is 3.28. The van der Waals surface area contributed by atoms with Crippen LogP contribution >= 0.6 is 0 Å². The fourth-order valence-corrected chi connectivity index (χ4v) is 4.49. The lowest BCUT2D eigenvalue weighted by molar-refractivity contribution is -0.127. The predicted molar refractivity (Wildman–Crippen MR) is 110 cm³/mol. The molecule has 0 spiro atoms. The van der Waals surface area contributed by atoms with Gasteiger partial charge in [0.25, 0.3) is 0 Å². The van der Waals surface area contributed by atoms with Gasteiger partial charge in [-0.3, -0.25) is 4.79 Å². The van der Waals surface area contributed by atoms with Crippen molar-refractivity contribution in [3.8, 4) is 0 Å². The zero-order valence-electron chi connectivity index (χ0n) is 16.7. The van der Waals surface area contributed by atoms with Crippen LogP contribution in [0.5, 0.6) is 0 Å². The van der Waals surface area contributed by atoms with Gasteiger partial charge >= 0.3 is 0 Å². The summed E-state index contributed by atoms with van der Waals surface area (Å²) in [6.45, 7) is 4.26. The highest BCUT2D eigenvalue weighted by molar-refractivity contribution is 5.89. The molecular weight excluding hydrogens is 338 g/mol. The topological polar surface area (TPSA) is 53.6 Å². The second-order valence-corrected chi connectivity index (χ2v) is 8.13. The molecule has 1 aromatic carbocycles. The maximum Gasteiger partial charge on any atom is 0.245 e. The van der Waals surface area contributed by atoms with Gasteiger partial charge in [0.1, 0.15) is 5.54 Å². The molecular formula is C22H35N3O2. The molecule has 1 saturated carbocycles. The number of ether oxygens (including phenoxy) is 1. The van der Waals surface area contributed by atoms with Gasteiger partial charge in [0.15, 0.2) is 0 Å². The Kier molecular flexibility index (Phi) is 7.53. The largest absolute Gasteiger partial charge is 0.383 e. The summed E-state index contributed by atoms with van der Waals surface area (Å²) < 4.78 is 5.09. The standard InChI is InChI=1S/C22H35N3O2/c1-27-17-14-23-21(26)22(24-20-10-6-3-7-11-20)12-15-25(16-13-22)18-19-8-4-2-5-9-19/h3,6-7,10-11,19,24H,2,4-5,8-9,12-18H2,1H3,(H,23,26). The summed E-state index contributed by atoms with van der Waals surface area (Å²) in [7, 11) is 1.66. The molecule has 1 heterocycles. The quantitative estimate of drug-likeness (QED) is 0.687. The summed E-state index contributed by atoms with van der Waals surface area (Å²) in [5.41, 5.74) is 0.484. The number of hydrogen-bond donors (Lipinski definition) is 2. The number of carbonyl (C=O) groups is 1. The summed E-state index contributed by atoms with van der Waals surface area (Å²) >= 11 is 0. The zero-order chi connectivity index (χ0) is 19.0. The van der Waals surface area contributed by atoms with Crippen molar-refractivity contribution in [2.75, 3.05) is 45.2 Å². The van der Waals surface area contributed by atoms with Gasteiger partial charge < -0.3 is 20.3 Å². The van der Waals surface area contributed by atoms with E-state index in [4.69, 9.17) is 4.74 Å². The number of rotatable bonds is 8. The van der Waals surface area contributed by atoms with E-state index in [2.05, 4.69) is 15.5 Å². The van der Waals surface area contributed by atoms with Crippen molar-refractivity contribution in [2.24, 2.45) is 5.92 Å².